The second kappa shape index (κ2) is 9.86. The van der Waals surface area contributed by atoms with E-state index in [-0.39, 0.29) is 22.3 Å². The van der Waals surface area contributed by atoms with Crippen LogP contribution in [0.1, 0.15) is 72.1 Å². The van der Waals surface area contributed by atoms with E-state index in [1.54, 1.807) is 34.0 Å². The van der Waals surface area contributed by atoms with Crippen molar-refractivity contribution >= 4 is 51.0 Å². The standard InChI is InChI=1S/C30H36BrClFN3O4/c1-28(2,3)39-22(37)10-16-13-30(16)8-9-36(15-30)26-18(31)14-34-20-11-17-21(35(7)27(38)40-29(4,5)6)12-19(33)25(32)23(17)24(20)26/h12,14,16H,8-11,13,15H2,1-7H3. The molecule has 2 atom stereocenters. The predicted molar refractivity (Wildman–Crippen MR) is 158 cm³/mol. The van der Waals surface area contributed by atoms with Gasteiger partial charge in [-0.3, -0.25) is 14.7 Å². The summed E-state index contributed by atoms with van der Waals surface area (Å²) in [6.07, 6.45) is 3.96. The number of hydrogen-bond acceptors (Lipinski definition) is 6. The SMILES string of the molecule is CN(C(=O)OC(C)(C)C)c1cc(F)c(Cl)c2c1Cc1ncc(Br)c(N3CCC4(CC4CC(=O)OC(C)(C)C)C3)c1-2. The summed E-state index contributed by atoms with van der Waals surface area (Å²) in [4.78, 5) is 33.7. The fraction of sp³-hybridized carbons (Fsp3) is 0.567. The molecule has 216 valence electrons. The highest BCUT2D eigenvalue weighted by Crippen LogP contribution is 2.62. The first-order valence-corrected chi connectivity index (χ1v) is 14.8. The molecule has 0 radical (unpaired) electrons. The number of ether oxygens (including phenoxy) is 2. The van der Waals surface area contributed by atoms with Crippen LogP contribution in [0.15, 0.2) is 16.7 Å². The number of carbonyl (C=O) groups excluding carboxylic acids is 2. The fourth-order valence-electron chi connectivity index (χ4n) is 6.10. The Morgan fingerprint density at radius 1 is 1.20 bits per heavy atom. The summed E-state index contributed by atoms with van der Waals surface area (Å²) in [5.41, 5.74) is 3.06. The molecule has 0 N–H and O–H groups in total. The zero-order valence-electron chi connectivity index (χ0n) is 24.1. The summed E-state index contributed by atoms with van der Waals surface area (Å²) in [6.45, 7) is 12.6. The smallest absolute Gasteiger partial charge is 0.414 e. The minimum absolute atomic E-state index is 0.0133. The predicted octanol–water partition coefficient (Wildman–Crippen LogP) is 7.53. The Balaban J connectivity index is 1.46. The van der Waals surface area contributed by atoms with Crippen molar-refractivity contribution in [2.45, 2.75) is 78.4 Å². The van der Waals surface area contributed by atoms with Gasteiger partial charge in [0, 0.05) is 50.3 Å². The number of pyridine rings is 1. The van der Waals surface area contributed by atoms with Crippen LogP contribution in [0.25, 0.3) is 11.1 Å². The first-order valence-electron chi connectivity index (χ1n) is 13.6. The van der Waals surface area contributed by atoms with E-state index in [9.17, 15) is 9.59 Å². The van der Waals surface area contributed by atoms with Crippen LogP contribution in [0.4, 0.5) is 20.6 Å². The number of carbonyl (C=O) groups is 2. The maximum atomic E-state index is 15.3. The first kappa shape index (κ1) is 29.1. The van der Waals surface area contributed by atoms with Gasteiger partial charge < -0.3 is 14.4 Å². The van der Waals surface area contributed by atoms with Crippen LogP contribution < -0.4 is 9.80 Å². The van der Waals surface area contributed by atoms with Gasteiger partial charge in [0.05, 0.1) is 26.6 Å². The molecule has 1 aromatic heterocycles. The average molecular weight is 637 g/mol. The number of nitrogens with zero attached hydrogens (tertiary/aromatic N) is 3. The van der Waals surface area contributed by atoms with Crippen molar-refractivity contribution in [2.75, 3.05) is 29.9 Å². The lowest BCUT2D eigenvalue weighted by atomic mass is 10.0. The van der Waals surface area contributed by atoms with Gasteiger partial charge in [-0.25, -0.2) is 9.18 Å². The summed E-state index contributed by atoms with van der Waals surface area (Å²) in [5.74, 6) is -0.484. The van der Waals surface area contributed by atoms with Crippen molar-refractivity contribution in [2.24, 2.45) is 11.3 Å². The molecule has 40 heavy (non-hydrogen) atoms. The highest BCUT2D eigenvalue weighted by Gasteiger charge is 2.58. The molecule has 1 saturated carbocycles. The lowest BCUT2D eigenvalue weighted by Crippen LogP contribution is -2.34. The van der Waals surface area contributed by atoms with Gasteiger partial charge in [-0.15, -0.1) is 0 Å². The maximum absolute atomic E-state index is 15.3. The number of hydrogen-bond donors (Lipinski definition) is 0. The zero-order valence-corrected chi connectivity index (χ0v) is 26.4. The quantitative estimate of drug-likeness (QED) is 0.276. The van der Waals surface area contributed by atoms with E-state index >= 15 is 4.39 Å². The van der Waals surface area contributed by atoms with Gasteiger partial charge in [-0.1, -0.05) is 11.6 Å². The highest BCUT2D eigenvalue weighted by molar-refractivity contribution is 9.10. The van der Waals surface area contributed by atoms with Crippen LogP contribution in [0.3, 0.4) is 0 Å². The van der Waals surface area contributed by atoms with Gasteiger partial charge in [0.1, 0.15) is 17.0 Å². The van der Waals surface area contributed by atoms with E-state index in [0.717, 1.165) is 52.9 Å². The molecule has 5 rings (SSSR count). The molecule has 2 aromatic rings. The summed E-state index contributed by atoms with van der Waals surface area (Å²) < 4.78 is 27.2. The van der Waals surface area contributed by atoms with E-state index in [1.165, 1.54) is 11.0 Å². The Bertz CT molecular complexity index is 1400. The summed E-state index contributed by atoms with van der Waals surface area (Å²) in [7, 11) is 1.58. The van der Waals surface area contributed by atoms with E-state index in [0.29, 0.717) is 24.1 Å². The molecule has 2 unspecified atom stereocenters. The molecule has 1 saturated heterocycles. The number of amides is 1. The van der Waals surface area contributed by atoms with Crippen LogP contribution in [-0.4, -0.2) is 48.4 Å². The van der Waals surface area contributed by atoms with E-state index in [4.69, 9.17) is 21.1 Å². The third-order valence-corrected chi connectivity index (χ3v) is 8.86. The topological polar surface area (TPSA) is 72.0 Å². The van der Waals surface area contributed by atoms with Crippen LogP contribution >= 0.6 is 27.5 Å². The van der Waals surface area contributed by atoms with Crippen molar-refractivity contribution in [3.8, 4) is 11.1 Å². The normalized spacial score (nSPS) is 21.4. The number of esters is 1. The number of fused-ring (bicyclic) bond motifs is 3. The molecular weight excluding hydrogens is 601 g/mol. The first-order chi connectivity index (χ1) is 18.5. The molecule has 1 aromatic carbocycles. The molecule has 1 aliphatic heterocycles. The molecule has 1 spiro atoms. The highest BCUT2D eigenvalue weighted by atomic mass is 79.9. The Kier molecular flexibility index (Phi) is 7.18. The molecular formula is C30H36BrClFN3O4. The van der Waals surface area contributed by atoms with Crippen molar-refractivity contribution in [3.05, 3.63) is 38.8 Å². The third kappa shape index (κ3) is 5.43. The molecule has 0 bridgehead atoms. The molecule has 2 fully saturated rings. The van der Waals surface area contributed by atoms with Crippen molar-refractivity contribution in [1.82, 2.24) is 4.98 Å². The Morgan fingerprint density at radius 3 is 2.52 bits per heavy atom. The molecule has 7 nitrogen and oxygen atoms in total. The molecule has 3 aliphatic rings. The average Bonchev–Trinajstić information content (AvgIpc) is 3.13. The van der Waals surface area contributed by atoms with Crippen LogP contribution in [0, 0.1) is 17.2 Å². The van der Waals surface area contributed by atoms with Crippen molar-refractivity contribution < 1.29 is 23.5 Å². The second-order valence-electron chi connectivity index (χ2n) is 13.3. The molecule has 2 heterocycles. The number of halogens is 3. The summed E-state index contributed by atoms with van der Waals surface area (Å²) >= 11 is 10.3. The lowest BCUT2D eigenvalue weighted by molar-refractivity contribution is -0.155. The van der Waals surface area contributed by atoms with Crippen LogP contribution in [0.2, 0.25) is 5.02 Å². The fourth-order valence-corrected chi connectivity index (χ4v) is 6.91. The van der Waals surface area contributed by atoms with Gasteiger partial charge in [-0.2, -0.15) is 0 Å². The monoisotopic (exact) mass is 635 g/mol. The minimum Gasteiger partial charge on any atom is -0.460 e. The largest absolute Gasteiger partial charge is 0.460 e. The summed E-state index contributed by atoms with van der Waals surface area (Å²) in [5, 5.41) is 0.0133. The van der Waals surface area contributed by atoms with Gasteiger partial charge in [0.15, 0.2) is 0 Å². The van der Waals surface area contributed by atoms with E-state index < -0.39 is 23.1 Å². The molecule has 10 heteroatoms. The minimum atomic E-state index is -0.697. The Morgan fingerprint density at radius 2 is 1.88 bits per heavy atom. The lowest BCUT2D eigenvalue weighted by Gasteiger charge is -2.27. The number of rotatable bonds is 4. The van der Waals surface area contributed by atoms with Gasteiger partial charge >= 0.3 is 12.1 Å². The van der Waals surface area contributed by atoms with E-state index in [2.05, 4.69) is 25.8 Å². The molecule has 2 aliphatic carbocycles. The summed E-state index contributed by atoms with van der Waals surface area (Å²) in [6, 6.07) is 1.29. The van der Waals surface area contributed by atoms with Gasteiger partial charge in [0.25, 0.3) is 0 Å². The second-order valence-corrected chi connectivity index (χ2v) is 14.5. The number of benzene rings is 1. The van der Waals surface area contributed by atoms with Gasteiger partial charge in [-0.05, 0) is 93.3 Å². The van der Waals surface area contributed by atoms with E-state index in [1.807, 2.05) is 20.8 Å². The Labute approximate surface area is 248 Å². The maximum Gasteiger partial charge on any atom is 0.414 e. The number of aromatic nitrogens is 1. The Hall–Kier alpha value is -2.39. The van der Waals surface area contributed by atoms with Crippen LogP contribution in [-0.2, 0) is 20.7 Å². The van der Waals surface area contributed by atoms with Crippen molar-refractivity contribution in [3.63, 3.8) is 0 Å². The number of anilines is 2. The molecule has 1 amide bonds. The van der Waals surface area contributed by atoms with Crippen molar-refractivity contribution in [1.29, 1.82) is 0 Å². The third-order valence-electron chi connectivity index (χ3n) is 7.91. The van der Waals surface area contributed by atoms with Gasteiger partial charge in [0.2, 0.25) is 0 Å². The zero-order chi connectivity index (χ0) is 29.4. The van der Waals surface area contributed by atoms with Crippen LogP contribution in [0.5, 0.6) is 0 Å².